The summed E-state index contributed by atoms with van der Waals surface area (Å²) in [4.78, 5) is 24.4. The Morgan fingerprint density at radius 3 is 2.21 bits per heavy atom. The Balaban J connectivity index is 2.84. The number of Topliss-reactive ketones (excluding diaryl/α,β-unsaturated/α-hetero) is 2. The Morgan fingerprint density at radius 1 is 1.05 bits per heavy atom. The molecule has 1 aliphatic rings. The number of fused-ring (bicyclic) bond motifs is 1. The average Bonchev–Trinajstić information content (AvgIpc) is 2.37. The summed E-state index contributed by atoms with van der Waals surface area (Å²) in [6.45, 7) is 1.67. The number of carbonyl (C=O) groups is 2. The van der Waals surface area contributed by atoms with E-state index in [0.717, 1.165) is 6.07 Å². The summed E-state index contributed by atoms with van der Waals surface area (Å²) in [5, 5.41) is 28.8. The molecule has 0 bridgehead atoms. The highest BCUT2D eigenvalue weighted by atomic mass is 16.5. The van der Waals surface area contributed by atoms with E-state index in [1.807, 2.05) is 0 Å². The third kappa shape index (κ3) is 1.64. The Morgan fingerprint density at radius 2 is 1.68 bits per heavy atom. The maximum atomic E-state index is 12.2. The standard InChI is InChI=1S/C13H12O6/c1-3-5-10(16)8-6(14)4-7(15)11(17)9(8)12(18)13(5)19-2/h4,14-15,17H,3H2,1-2H3. The summed E-state index contributed by atoms with van der Waals surface area (Å²) in [6, 6.07) is 0.824. The molecule has 6 heteroatoms. The van der Waals surface area contributed by atoms with Crippen molar-refractivity contribution in [3.8, 4) is 17.2 Å². The van der Waals surface area contributed by atoms with Gasteiger partial charge in [0.2, 0.25) is 5.78 Å². The van der Waals surface area contributed by atoms with Crippen LogP contribution in [0.25, 0.3) is 0 Å². The van der Waals surface area contributed by atoms with Crippen molar-refractivity contribution >= 4 is 11.6 Å². The summed E-state index contributed by atoms with van der Waals surface area (Å²) in [5.41, 5.74) is -0.616. The highest BCUT2D eigenvalue weighted by Crippen LogP contribution is 2.43. The van der Waals surface area contributed by atoms with Crippen LogP contribution in [0, 0.1) is 0 Å². The minimum absolute atomic E-state index is 0.125. The number of rotatable bonds is 2. The van der Waals surface area contributed by atoms with Gasteiger partial charge in [0.25, 0.3) is 0 Å². The number of ketones is 2. The van der Waals surface area contributed by atoms with Gasteiger partial charge >= 0.3 is 0 Å². The summed E-state index contributed by atoms with van der Waals surface area (Å²) in [7, 11) is 1.24. The van der Waals surface area contributed by atoms with Crippen LogP contribution in [-0.2, 0) is 4.74 Å². The van der Waals surface area contributed by atoms with Crippen molar-refractivity contribution in [3.05, 3.63) is 28.5 Å². The SMILES string of the molecule is CCC1=C(OC)C(=O)c2c(O)c(O)cc(O)c2C1=O. The molecule has 0 aliphatic heterocycles. The Kier molecular flexibility index (Phi) is 2.94. The van der Waals surface area contributed by atoms with Crippen molar-refractivity contribution < 1.29 is 29.6 Å². The zero-order valence-corrected chi connectivity index (χ0v) is 10.4. The van der Waals surface area contributed by atoms with Crippen molar-refractivity contribution in [3.63, 3.8) is 0 Å². The molecule has 2 rings (SSSR count). The van der Waals surface area contributed by atoms with Gasteiger partial charge in [-0.05, 0) is 6.42 Å². The van der Waals surface area contributed by atoms with Crippen molar-refractivity contribution in [2.75, 3.05) is 7.11 Å². The number of phenolic OH excluding ortho intramolecular Hbond substituents is 3. The number of methoxy groups -OCH3 is 1. The van der Waals surface area contributed by atoms with Crippen molar-refractivity contribution in [2.45, 2.75) is 13.3 Å². The van der Waals surface area contributed by atoms with Gasteiger partial charge in [0.1, 0.15) is 5.75 Å². The predicted molar refractivity (Wildman–Crippen MR) is 64.4 cm³/mol. The van der Waals surface area contributed by atoms with Gasteiger partial charge in [-0.25, -0.2) is 0 Å². The van der Waals surface area contributed by atoms with E-state index in [1.54, 1.807) is 6.92 Å². The van der Waals surface area contributed by atoms with Crippen LogP contribution in [0.2, 0.25) is 0 Å². The summed E-state index contributed by atoms with van der Waals surface area (Å²) >= 11 is 0. The maximum Gasteiger partial charge on any atom is 0.232 e. The van der Waals surface area contributed by atoms with Crippen LogP contribution in [0.15, 0.2) is 17.4 Å². The lowest BCUT2D eigenvalue weighted by Crippen LogP contribution is -2.23. The van der Waals surface area contributed by atoms with Gasteiger partial charge in [0.05, 0.1) is 18.2 Å². The smallest absolute Gasteiger partial charge is 0.232 e. The van der Waals surface area contributed by atoms with Gasteiger partial charge < -0.3 is 20.1 Å². The van der Waals surface area contributed by atoms with Crippen LogP contribution in [0.3, 0.4) is 0 Å². The van der Waals surface area contributed by atoms with Crippen LogP contribution in [0.5, 0.6) is 17.2 Å². The first-order valence-corrected chi connectivity index (χ1v) is 5.58. The molecule has 0 saturated carbocycles. The van der Waals surface area contributed by atoms with Gasteiger partial charge in [-0.1, -0.05) is 6.92 Å². The number of carbonyl (C=O) groups excluding carboxylic acids is 2. The molecule has 1 aliphatic carbocycles. The van der Waals surface area contributed by atoms with E-state index in [4.69, 9.17) is 4.74 Å². The van der Waals surface area contributed by atoms with E-state index in [0.29, 0.717) is 0 Å². The fourth-order valence-corrected chi connectivity index (χ4v) is 2.14. The van der Waals surface area contributed by atoms with Crippen LogP contribution >= 0.6 is 0 Å². The molecule has 3 N–H and O–H groups in total. The molecule has 0 heterocycles. The highest BCUT2D eigenvalue weighted by Gasteiger charge is 2.37. The first-order valence-electron chi connectivity index (χ1n) is 5.58. The quantitative estimate of drug-likeness (QED) is 0.552. The Hall–Kier alpha value is -2.50. The van der Waals surface area contributed by atoms with Gasteiger partial charge in [-0.2, -0.15) is 0 Å². The second kappa shape index (κ2) is 4.31. The number of benzene rings is 1. The zero-order chi connectivity index (χ0) is 14.3. The van der Waals surface area contributed by atoms with Gasteiger partial charge in [-0.15, -0.1) is 0 Å². The van der Waals surface area contributed by atoms with Gasteiger partial charge in [-0.3, -0.25) is 9.59 Å². The van der Waals surface area contributed by atoms with Crippen molar-refractivity contribution in [1.29, 1.82) is 0 Å². The number of hydrogen-bond donors (Lipinski definition) is 3. The number of ether oxygens (including phenoxy) is 1. The first-order chi connectivity index (χ1) is 8.93. The highest BCUT2D eigenvalue weighted by molar-refractivity contribution is 6.28. The minimum atomic E-state index is -0.740. The molecule has 0 atom stereocenters. The lowest BCUT2D eigenvalue weighted by molar-refractivity contribution is 0.0898. The number of aromatic hydroxyl groups is 3. The molecule has 0 saturated heterocycles. The molecule has 6 nitrogen and oxygen atoms in total. The van der Waals surface area contributed by atoms with Crippen molar-refractivity contribution in [2.24, 2.45) is 0 Å². The molecule has 1 aromatic rings. The van der Waals surface area contributed by atoms with Crippen LogP contribution in [0.4, 0.5) is 0 Å². The average molecular weight is 264 g/mol. The monoisotopic (exact) mass is 264 g/mol. The number of hydrogen-bond acceptors (Lipinski definition) is 6. The van der Waals surface area contributed by atoms with Crippen molar-refractivity contribution in [1.82, 2.24) is 0 Å². The van der Waals surface area contributed by atoms with E-state index >= 15 is 0 Å². The normalized spacial score (nSPS) is 14.6. The lowest BCUT2D eigenvalue weighted by atomic mass is 9.85. The Bertz CT molecular complexity index is 627. The topological polar surface area (TPSA) is 104 Å². The van der Waals surface area contributed by atoms with Gasteiger partial charge in [0.15, 0.2) is 23.0 Å². The fraction of sp³-hybridized carbons (Fsp3) is 0.231. The third-order valence-corrected chi connectivity index (χ3v) is 3.03. The van der Waals surface area contributed by atoms with E-state index in [1.165, 1.54) is 7.11 Å². The second-order valence-electron chi connectivity index (χ2n) is 4.04. The molecule has 0 amide bonds. The van der Waals surface area contributed by atoms with Gasteiger partial charge in [0, 0.05) is 11.6 Å². The summed E-state index contributed by atoms with van der Waals surface area (Å²) in [5.74, 6) is -3.48. The molecule has 19 heavy (non-hydrogen) atoms. The van der Waals surface area contributed by atoms with E-state index in [9.17, 15) is 24.9 Å². The first kappa shape index (κ1) is 12.9. The predicted octanol–water partition coefficient (Wildman–Crippen LogP) is 1.49. The summed E-state index contributed by atoms with van der Waals surface area (Å²) < 4.78 is 4.90. The molecular formula is C13H12O6. The lowest BCUT2D eigenvalue weighted by Gasteiger charge is -2.21. The molecule has 100 valence electrons. The number of phenols is 3. The molecular weight excluding hydrogens is 252 g/mol. The van der Waals surface area contributed by atoms with E-state index < -0.39 is 34.4 Å². The molecule has 0 spiro atoms. The summed E-state index contributed by atoms with van der Waals surface area (Å²) in [6.07, 6.45) is 0.244. The van der Waals surface area contributed by atoms with Crippen LogP contribution in [0.1, 0.15) is 34.1 Å². The molecule has 0 radical (unpaired) electrons. The van der Waals surface area contributed by atoms with Crippen LogP contribution < -0.4 is 0 Å². The second-order valence-corrected chi connectivity index (χ2v) is 4.04. The molecule has 0 aromatic heterocycles. The largest absolute Gasteiger partial charge is 0.507 e. The van der Waals surface area contributed by atoms with Crippen LogP contribution in [-0.4, -0.2) is 34.0 Å². The number of allylic oxidation sites excluding steroid dienone is 2. The zero-order valence-electron chi connectivity index (χ0n) is 10.4. The maximum absolute atomic E-state index is 12.2. The fourth-order valence-electron chi connectivity index (χ4n) is 2.14. The molecule has 1 aromatic carbocycles. The minimum Gasteiger partial charge on any atom is -0.507 e. The third-order valence-electron chi connectivity index (χ3n) is 3.03. The van der Waals surface area contributed by atoms with E-state index in [-0.39, 0.29) is 23.3 Å². The molecule has 0 unspecified atom stereocenters. The van der Waals surface area contributed by atoms with E-state index in [2.05, 4.69) is 0 Å². The Labute approximate surface area is 108 Å². The molecule has 0 fully saturated rings.